The van der Waals surface area contributed by atoms with Crippen molar-refractivity contribution < 1.29 is 0 Å². The Hall–Kier alpha value is -0.830. The molecule has 0 saturated heterocycles. The highest BCUT2D eigenvalue weighted by atomic mass is 15.2. The fourth-order valence-corrected chi connectivity index (χ4v) is 4.60. The first kappa shape index (κ1) is 14.1. The Bertz CT molecular complexity index is 451. The van der Waals surface area contributed by atoms with Gasteiger partial charge >= 0.3 is 0 Å². The summed E-state index contributed by atoms with van der Waals surface area (Å²) in [6, 6.07) is 2.78. The molecule has 2 aliphatic rings. The van der Waals surface area contributed by atoms with Crippen LogP contribution in [0.4, 0.5) is 0 Å². The van der Waals surface area contributed by atoms with Crippen LogP contribution < -0.4 is 5.32 Å². The molecule has 1 heterocycles. The summed E-state index contributed by atoms with van der Waals surface area (Å²) in [4.78, 5) is 0. The minimum Gasteiger partial charge on any atom is -0.314 e. The maximum atomic E-state index is 4.31. The summed E-state index contributed by atoms with van der Waals surface area (Å²) in [5.74, 6) is 1.98. The van der Waals surface area contributed by atoms with Crippen molar-refractivity contribution in [3.8, 4) is 0 Å². The summed E-state index contributed by atoms with van der Waals surface area (Å²) in [5.41, 5.74) is 1.94. The number of hydrogen-bond donors (Lipinski definition) is 1. The molecule has 20 heavy (non-hydrogen) atoms. The molecule has 3 heteroatoms. The van der Waals surface area contributed by atoms with Gasteiger partial charge in [-0.25, -0.2) is 0 Å². The smallest absolute Gasteiger partial charge is 0.0492 e. The van der Waals surface area contributed by atoms with Gasteiger partial charge in [0.15, 0.2) is 0 Å². The van der Waals surface area contributed by atoms with Crippen LogP contribution in [0.2, 0.25) is 0 Å². The van der Waals surface area contributed by atoms with Gasteiger partial charge in [0.05, 0.1) is 0 Å². The van der Waals surface area contributed by atoms with E-state index in [1.807, 2.05) is 10.9 Å². The van der Waals surface area contributed by atoms with Crippen molar-refractivity contribution in [1.29, 1.82) is 0 Å². The van der Waals surface area contributed by atoms with Gasteiger partial charge in [-0.05, 0) is 55.4 Å². The topological polar surface area (TPSA) is 29.9 Å². The van der Waals surface area contributed by atoms with Crippen LogP contribution in [0.5, 0.6) is 0 Å². The molecule has 2 bridgehead atoms. The third-order valence-corrected chi connectivity index (χ3v) is 5.77. The third-order valence-electron chi connectivity index (χ3n) is 5.77. The number of aryl methyl sites for hydroxylation is 2. The van der Waals surface area contributed by atoms with Crippen molar-refractivity contribution in [3.63, 3.8) is 0 Å². The van der Waals surface area contributed by atoms with Gasteiger partial charge < -0.3 is 5.32 Å². The van der Waals surface area contributed by atoms with Crippen LogP contribution in [0.15, 0.2) is 12.3 Å². The molecule has 0 aliphatic heterocycles. The predicted octanol–water partition coefficient (Wildman–Crippen LogP) is 3.16. The van der Waals surface area contributed by atoms with E-state index in [9.17, 15) is 0 Å². The molecule has 3 nitrogen and oxygen atoms in total. The van der Waals surface area contributed by atoms with E-state index in [1.165, 1.54) is 50.8 Å². The van der Waals surface area contributed by atoms with Crippen molar-refractivity contribution in [2.24, 2.45) is 24.3 Å². The van der Waals surface area contributed by atoms with Crippen molar-refractivity contribution >= 4 is 0 Å². The minimum atomic E-state index is 0.553. The van der Waals surface area contributed by atoms with Gasteiger partial charge in [0.2, 0.25) is 0 Å². The number of nitrogens with zero attached hydrogens (tertiary/aromatic N) is 2. The molecule has 2 aliphatic carbocycles. The maximum Gasteiger partial charge on any atom is 0.0492 e. The molecular formula is C17H29N3. The lowest BCUT2D eigenvalue weighted by atomic mass is 9.69. The number of hydrogen-bond acceptors (Lipinski definition) is 2. The van der Waals surface area contributed by atoms with Gasteiger partial charge in [0.25, 0.3) is 0 Å². The van der Waals surface area contributed by atoms with Crippen molar-refractivity contribution in [3.05, 3.63) is 18.0 Å². The first-order chi connectivity index (χ1) is 9.59. The lowest BCUT2D eigenvalue weighted by Crippen LogP contribution is -2.41. The number of fused-ring (bicyclic) bond motifs is 2. The average molecular weight is 275 g/mol. The van der Waals surface area contributed by atoms with Crippen LogP contribution in [0.25, 0.3) is 0 Å². The largest absolute Gasteiger partial charge is 0.314 e. The number of aromatic nitrogens is 2. The Kier molecular flexibility index (Phi) is 3.89. The summed E-state index contributed by atoms with van der Waals surface area (Å²) >= 11 is 0. The molecule has 2 saturated carbocycles. The number of nitrogens with one attached hydrogen (secondary N) is 1. The summed E-state index contributed by atoms with van der Waals surface area (Å²) < 4.78 is 2.04. The Morgan fingerprint density at radius 3 is 2.85 bits per heavy atom. The van der Waals surface area contributed by atoms with Crippen LogP contribution in [0, 0.1) is 17.3 Å². The molecule has 1 aromatic heterocycles. The van der Waals surface area contributed by atoms with Crippen LogP contribution >= 0.6 is 0 Å². The lowest BCUT2D eigenvalue weighted by molar-refractivity contribution is 0.139. The first-order valence-electron chi connectivity index (χ1n) is 8.29. The summed E-state index contributed by atoms with van der Waals surface area (Å²) in [6.07, 6.45) is 10.3. The quantitative estimate of drug-likeness (QED) is 0.864. The normalized spacial score (nSPS) is 32.4. The second-order valence-corrected chi connectivity index (χ2v) is 7.42. The summed E-state index contributed by atoms with van der Waals surface area (Å²) in [5, 5.41) is 8.04. The van der Waals surface area contributed by atoms with Crippen LogP contribution in [-0.4, -0.2) is 22.4 Å². The van der Waals surface area contributed by atoms with Gasteiger partial charge in [-0.3, -0.25) is 4.68 Å². The molecule has 3 atom stereocenters. The Morgan fingerprint density at radius 2 is 2.30 bits per heavy atom. The molecule has 0 spiro atoms. The maximum absolute atomic E-state index is 4.31. The monoisotopic (exact) mass is 275 g/mol. The van der Waals surface area contributed by atoms with E-state index in [-0.39, 0.29) is 0 Å². The van der Waals surface area contributed by atoms with Gasteiger partial charge in [-0.15, -0.1) is 0 Å². The molecule has 3 rings (SSSR count). The van der Waals surface area contributed by atoms with Crippen LogP contribution in [0.1, 0.15) is 51.6 Å². The standard InChI is InChI=1S/C17H29N3/c1-13(2)18-12-17(11-14-4-5-15(17)10-14)8-6-16-7-9-19-20(16)3/h7,9,13-15,18H,4-6,8,10-12H2,1-3H3. The third kappa shape index (κ3) is 2.65. The predicted molar refractivity (Wildman–Crippen MR) is 82.5 cm³/mol. The van der Waals surface area contributed by atoms with Crippen LogP contribution in [-0.2, 0) is 13.5 Å². The zero-order valence-corrected chi connectivity index (χ0v) is 13.2. The zero-order valence-electron chi connectivity index (χ0n) is 13.2. The fourth-order valence-electron chi connectivity index (χ4n) is 4.60. The van der Waals surface area contributed by atoms with Gasteiger partial charge in [0, 0.05) is 31.5 Å². The summed E-state index contributed by atoms with van der Waals surface area (Å²) in [6.45, 7) is 5.74. The van der Waals surface area contributed by atoms with Gasteiger partial charge in [0.1, 0.15) is 0 Å². The molecule has 112 valence electrons. The zero-order chi connectivity index (χ0) is 14.2. The molecule has 1 aromatic rings. The van der Waals surface area contributed by atoms with E-state index in [0.29, 0.717) is 11.5 Å². The average Bonchev–Trinajstić information content (AvgIpc) is 3.10. The SMILES string of the molecule is CC(C)NCC1(CCc2ccnn2C)CC2CCC1C2. The van der Waals surface area contributed by atoms with E-state index >= 15 is 0 Å². The second-order valence-electron chi connectivity index (χ2n) is 7.42. The molecular weight excluding hydrogens is 246 g/mol. The number of rotatable bonds is 6. The van der Waals surface area contributed by atoms with E-state index < -0.39 is 0 Å². The van der Waals surface area contributed by atoms with Crippen molar-refractivity contribution in [2.45, 2.75) is 58.4 Å². The van der Waals surface area contributed by atoms with Gasteiger partial charge in [-0.1, -0.05) is 20.3 Å². The Balaban J connectivity index is 1.68. The first-order valence-corrected chi connectivity index (χ1v) is 8.29. The summed E-state index contributed by atoms with van der Waals surface area (Å²) in [7, 11) is 2.06. The van der Waals surface area contributed by atoms with E-state index in [0.717, 1.165) is 11.8 Å². The van der Waals surface area contributed by atoms with Crippen LogP contribution in [0.3, 0.4) is 0 Å². The highest BCUT2D eigenvalue weighted by Gasteiger charge is 2.50. The molecule has 0 amide bonds. The van der Waals surface area contributed by atoms with E-state index in [1.54, 1.807) is 0 Å². The minimum absolute atomic E-state index is 0.553. The van der Waals surface area contributed by atoms with E-state index in [4.69, 9.17) is 0 Å². The van der Waals surface area contributed by atoms with Gasteiger partial charge in [-0.2, -0.15) is 5.10 Å². The molecule has 0 aromatic carbocycles. The van der Waals surface area contributed by atoms with E-state index in [2.05, 4.69) is 37.4 Å². The Labute approximate surface area is 123 Å². The highest BCUT2D eigenvalue weighted by Crippen LogP contribution is 2.57. The second kappa shape index (κ2) is 5.51. The highest BCUT2D eigenvalue weighted by molar-refractivity contribution is 5.06. The molecule has 3 unspecified atom stereocenters. The van der Waals surface area contributed by atoms with Crippen molar-refractivity contribution in [1.82, 2.24) is 15.1 Å². The lowest BCUT2D eigenvalue weighted by Gasteiger charge is -2.39. The molecule has 2 fully saturated rings. The van der Waals surface area contributed by atoms with Crippen molar-refractivity contribution in [2.75, 3.05) is 6.54 Å². The fraction of sp³-hybridized carbons (Fsp3) is 0.824. The Morgan fingerprint density at radius 1 is 1.45 bits per heavy atom. The molecule has 1 N–H and O–H groups in total. The molecule has 0 radical (unpaired) electrons.